The van der Waals surface area contributed by atoms with Crippen LogP contribution in [-0.2, 0) is 6.54 Å². The molecule has 0 atom stereocenters. The molecule has 4 rings (SSSR count). The van der Waals surface area contributed by atoms with Crippen molar-refractivity contribution in [1.29, 1.82) is 0 Å². The number of rotatable bonds is 2. The third-order valence-corrected chi connectivity index (χ3v) is 5.60. The Hall–Kier alpha value is -2.12. The van der Waals surface area contributed by atoms with Gasteiger partial charge in [-0.15, -0.1) is 0 Å². The van der Waals surface area contributed by atoms with Crippen LogP contribution in [0.15, 0.2) is 23.0 Å². The minimum Gasteiger partial charge on any atom is -0.325 e. The third-order valence-electron chi connectivity index (χ3n) is 5.36. The second-order valence-corrected chi connectivity index (χ2v) is 7.70. The first kappa shape index (κ1) is 18.3. The van der Waals surface area contributed by atoms with Gasteiger partial charge in [0.15, 0.2) is 0 Å². The fourth-order valence-electron chi connectivity index (χ4n) is 3.83. The number of amides is 2. The van der Waals surface area contributed by atoms with E-state index in [0.29, 0.717) is 41.4 Å². The van der Waals surface area contributed by atoms with Crippen LogP contribution >= 0.6 is 11.6 Å². The van der Waals surface area contributed by atoms with Gasteiger partial charge in [-0.3, -0.25) is 9.69 Å². The molecule has 144 valence electrons. The van der Waals surface area contributed by atoms with Crippen molar-refractivity contribution >= 4 is 28.5 Å². The van der Waals surface area contributed by atoms with Crippen LogP contribution in [0.25, 0.3) is 10.9 Å². The summed E-state index contributed by atoms with van der Waals surface area (Å²) in [6, 6.07) is 5.27. The van der Waals surface area contributed by atoms with Crippen molar-refractivity contribution in [3.63, 3.8) is 0 Å². The van der Waals surface area contributed by atoms with E-state index in [2.05, 4.69) is 14.9 Å². The molecule has 1 N–H and O–H groups in total. The molecule has 0 unspecified atom stereocenters. The molecule has 8 heteroatoms. The molecular formula is C19H24ClN5O2. The average Bonchev–Trinajstić information content (AvgIpc) is 2.68. The maximum atomic E-state index is 12.6. The van der Waals surface area contributed by atoms with Crippen molar-refractivity contribution in [2.45, 2.75) is 25.8 Å². The van der Waals surface area contributed by atoms with Gasteiger partial charge in [-0.05, 0) is 37.5 Å². The van der Waals surface area contributed by atoms with Gasteiger partial charge in [0.1, 0.15) is 5.82 Å². The fraction of sp³-hybridized carbons (Fsp3) is 0.526. The van der Waals surface area contributed by atoms with E-state index in [4.69, 9.17) is 11.6 Å². The second-order valence-electron chi connectivity index (χ2n) is 7.27. The molecule has 7 nitrogen and oxygen atoms in total. The SMILES string of the molecule is O=C(N1CCCCC1)N1CCN(Cc2nc3cc(Cl)ccc3c(=O)[nH]2)CC1. The first-order chi connectivity index (χ1) is 13.1. The topological polar surface area (TPSA) is 72.5 Å². The van der Waals surface area contributed by atoms with Crippen LogP contribution in [0.2, 0.25) is 5.02 Å². The van der Waals surface area contributed by atoms with E-state index in [-0.39, 0.29) is 11.6 Å². The summed E-state index contributed by atoms with van der Waals surface area (Å²) in [6.45, 7) is 5.28. The number of hydrogen-bond donors (Lipinski definition) is 1. The van der Waals surface area contributed by atoms with E-state index in [9.17, 15) is 9.59 Å². The van der Waals surface area contributed by atoms with Crippen molar-refractivity contribution in [2.75, 3.05) is 39.3 Å². The zero-order chi connectivity index (χ0) is 18.8. The summed E-state index contributed by atoms with van der Waals surface area (Å²) >= 11 is 6.02. The monoisotopic (exact) mass is 389 g/mol. The largest absolute Gasteiger partial charge is 0.325 e. The molecule has 1 aromatic carbocycles. The number of halogens is 1. The lowest BCUT2D eigenvalue weighted by Crippen LogP contribution is -2.53. The van der Waals surface area contributed by atoms with E-state index < -0.39 is 0 Å². The molecule has 0 saturated carbocycles. The highest BCUT2D eigenvalue weighted by Crippen LogP contribution is 2.16. The first-order valence-electron chi connectivity index (χ1n) is 9.55. The van der Waals surface area contributed by atoms with Crippen molar-refractivity contribution < 1.29 is 4.79 Å². The number of carbonyl (C=O) groups excluding carboxylic acids is 1. The standard InChI is InChI=1S/C19H24ClN5O2/c20-14-4-5-15-16(12-14)21-17(22-18(15)26)13-23-8-10-25(11-9-23)19(27)24-6-2-1-3-7-24/h4-5,12H,1-3,6-11,13H2,(H,21,22,26). The second kappa shape index (κ2) is 7.86. The molecular weight excluding hydrogens is 366 g/mol. The predicted molar refractivity (Wildman–Crippen MR) is 105 cm³/mol. The highest BCUT2D eigenvalue weighted by molar-refractivity contribution is 6.31. The first-order valence-corrected chi connectivity index (χ1v) is 9.92. The molecule has 3 heterocycles. The summed E-state index contributed by atoms with van der Waals surface area (Å²) in [6.07, 6.45) is 3.44. The number of benzene rings is 1. The minimum atomic E-state index is -0.148. The van der Waals surface area contributed by atoms with Crippen LogP contribution in [0.1, 0.15) is 25.1 Å². The lowest BCUT2D eigenvalue weighted by atomic mass is 10.1. The van der Waals surface area contributed by atoms with E-state index >= 15 is 0 Å². The molecule has 2 aromatic rings. The average molecular weight is 390 g/mol. The van der Waals surface area contributed by atoms with E-state index in [0.717, 1.165) is 39.0 Å². The number of piperazine rings is 1. The number of piperidine rings is 1. The Bertz CT molecular complexity index is 885. The number of nitrogens with zero attached hydrogens (tertiary/aromatic N) is 4. The van der Waals surface area contributed by atoms with Crippen LogP contribution < -0.4 is 5.56 Å². The molecule has 2 saturated heterocycles. The molecule has 0 bridgehead atoms. The Balaban J connectivity index is 1.38. The molecule has 1 aromatic heterocycles. The summed E-state index contributed by atoms with van der Waals surface area (Å²) < 4.78 is 0. The van der Waals surface area contributed by atoms with Crippen molar-refractivity contribution in [2.24, 2.45) is 0 Å². The van der Waals surface area contributed by atoms with Gasteiger partial charge in [0, 0.05) is 44.3 Å². The van der Waals surface area contributed by atoms with Crippen LogP contribution in [0, 0.1) is 0 Å². The van der Waals surface area contributed by atoms with Gasteiger partial charge in [0.2, 0.25) is 0 Å². The number of likely N-dealkylation sites (tertiary alicyclic amines) is 1. The van der Waals surface area contributed by atoms with Gasteiger partial charge in [-0.2, -0.15) is 0 Å². The summed E-state index contributed by atoms with van der Waals surface area (Å²) in [4.78, 5) is 38.4. The number of H-pyrrole nitrogens is 1. The number of aromatic amines is 1. The highest BCUT2D eigenvalue weighted by atomic mass is 35.5. The number of nitrogens with one attached hydrogen (secondary N) is 1. The Morgan fingerprint density at radius 2 is 1.74 bits per heavy atom. The van der Waals surface area contributed by atoms with Crippen molar-refractivity contribution in [3.05, 3.63) is 39.4 Å². The normalized spacial score (nSPS) is 18.9. The predicted octanol–water partition coefficient (Wildman–Crippen LogP) is 2.30. The maximum absolute atomic E-state index is 12.6. The Labute approximate surface area is 162 Å². The van der Waals surface area contributed by atoms with Crippen molar-refractivity contribution in [1.82, 2.24) is 24.7 Å². The Morgan fingerprint density at radius 3 is 2.48 bits per heavy atom. The van der Waals surface area contributed by atoms with Crippen LogP contribution in [0.4, 0.5) is 4.79 Å². The molecule has 0 aliphatic carbocycles. The quantitative estimate of drug-likeness (QED) is 0.855. The van der Waals surface area contributed by atoms with Crippen LogP contribution in [0.3, 0.4) is 0 Å². The van der Waals surface area contributed by atoms with Gasteiger partial charge in [-0.25, -0.2) is 9.78 Å². The van der Waals surface area contributed by atoms with Gasteiger partial charge >= 0.3 is 6.03 Å². The summed E-state index contributed by atoms with van der Waals surface area (Å²) in [7, 11) is 0. The summed E-state index contributed by atoms with van der Waals surface area (Å²) in [5.41, 5.74) is 0.464. The highest BCUT2D eigenvalue weighted by Gasteiger charge is 2.26. The third kappa shape index (κ3) is 4.09. The summed E-state index contributed by atoms with van der Waals surface area (Å²) in [5, 5.41) is 1.11. The number of aromatic nitrogens is 2. The smallest absolute Gasteiger partial charge is 0.320 e. The van der Waals surface area contributed by atoms with E-state index in [1.165, 1.54) is 6.42 Å². The van der Waals surface area contributed by atoms with Crippen molar-refractivity contribution in [3.8, 4) is 0 Å². The minimum absolute atomic E-state index is 0.148. The zero-order valence-corrected chi connectivity index (χ0v) is 16.0. The Kier molecular flexibility index (Phi) is 5.31. The maximum Gasteiger partial charge on any atom is 0.320 e. The molecule has 2 fully saturated rings. The molecule has 0 spiro atoms. The number of hydrogen-bond acceptors (Lipinski definition) is 4. The molecule has 2 aliphatic rings. The fourth-order valence-corrected chi connectivity index (χ4v) is 4.00. The van der Waals surface area contributed by atoms with Crippen LogP contribution in [0.5, 0.6) is 0 Å². The molecule has 0 radical (unpaired) electrons. The number of fused-ring (bicyclic) bond motifs is 1. The lowest BCUT2D eigenvalue weighted by molar-refractivity contribution is 0.104. The lowest BCUT2D eigenvalue weighted by Gasteiger charge is -2.38. The zero-order valence-electron chi connectivity index (χ0n) is 15.3. The van der Waals surface area contributed by atoms with E-state index in [1.807, 2.05) is 9.80 Å². The van der Waals surface area contributed by atoms with Gasteiger partial charge in [0.25, 0.3) is 5.56 Å². The van der Waals surface area contributed by atoms with Crippen LogP contribution in [-0.4, -0.2) is 70.0 Å². The molecule has 2 aliphatic heterocycles. The van der Waals surface area contributed by atoms with Gasteiger partial charge in [-0.1, -0.05) is 11.6 Å². The van der Waals surface area contributed by atoms with Gasteiger partial charge in [0.05, 0.1) is 17.4 Å². The Morgan fingerprint density at radius 1 is 1.04 bits per heavy atom. The van der Waals surface area contributed by atoms with E-state index in [1.54, 1.807) is 18.2 Å². The summed E-state index contributed by atoms with van der Waals surface area (Å²) in [5.74, 6) is 0.630. The molecule has 2 amide bonds. The van der Waals surface area contributed by atoms with Gasteiger partial charge < -0.3 is 14.8 Å². The molecule has 27 heavy (non-hydrogen) atoms. The number of carbonyl (C=O) groups is 1. The number of urea groups is 1.